The van der Waals surface area contributed by atoms with Crippen molar-refractivity contribution < 1.29 is 9.90 Å². The van der Waals surface area contributed by atoms with Crippen LogP contribution in [0.1, 0.15) is 58.6 Å². The highest BCUT2D eigenvalue weighted by Gasteiger charge is 2.28. The van der Waals surface area contributed by atoms with Gasteiger partial charge in [-0.05, 0) is 19.3 Å². The average Bonchev–Trinajstić information content (AvgIpc) is 2.76. The van der Waals surface area contributed by atoms with Crippen LogP contribution in [-0.2, 0) is 11.2 Å². The van der Waals surface area contributed by atoms with Gasteiger partial charge < -0.3 is 10.4 Å². The Balaban J connectivity index is 2.57. The number of carbonyl (C=O) groups excluding carboxylic acids is 1. The third kappa shape index (κ3) is 5.03. The second kappa shape index (κ2) is 7.28. The molecule has 0 saturated carbocycles. The summed E-state index contributed by atoms with van der Waals surface area (Å²) in [7, 11) is 0. The lowest BCUT2D eigenvalue weighted by atomic mass is 9.89. The summed E-state index contributed by atoms with van der Waals surface area (Å²) in [6.45, 7) is 6.04. The molecule has 0 radical (unpaired) electrons. The van der Waals surface area contributed by atoms with Gasteiger partial charge in [-0.1, -0.05) is 33.6 Å². The van der Waals surface area contributed by atoms with Crippen LogP contribution in [0.15, 0.2) is 6.07 Å². The second-order valence-electron chi connectivity index (χ2n) is 5.08. The van der Waals surface area contributed by atoms with Crippen molar-refractivity contribution in [3.05, 3.63) is 11.8 Å². The third-order valence-corrected chi connectivity index (χ3v) is 3.20. The Hall–Kier alpha value is -1.36. The number of carbonyl (C=O) groups is 1. The number of aliphatic hydroxyl groups is 1. The molecule has 1 aromatic rings. The molecule has 0 aliphatic rings. The van der Waals surface area contributed by atoms with Gasteiger partial charge in [-0.25, -0.2) is 0 Å². The minimum Gasteiger partial charge on any atom is -0.389 e. The van der Waals surface area contributed by atoms with Gasteiger partial charge in [0.15, 0.2) is 5.82 Å². The zero-order valence-electron chi connectivity index (χ0n) is 12.1. The van der Waals surface area contributed by atoms with E-state index in [2.05, 4.69) is 15.5 Å². The summed E-state index contributed by atoms with van der Waals surface area (Å²) in [5.74, 6) is 0.343. The van der Waals surface area contributed by atoms with Gasteiger partial charge in [0.1, 0.15) is 0 Å². The number of hydrogen-bond donors (Lipinski definition) is 3. The van der Waals surface area contributed by atoms with Crippen LogP contribution >= 0.6 is 0 Å². The van der Waals surface area contributed by atoms with Crippen LogP contribution in [0.2, 0.25) is 0 Å². The number of H-pyrrole nitrogens is 1. The Kier molecular flexibility index (Phi) is 6.02. The first-order chi connectivity index (χ1) is 9.03. The van der Waals surface area contributed by atoms with Crippen molar-refractivity contribution in [2.75, 3.05) is 5.32 Å². The maximum absolute atomic E-state index is 12.0. The van der Waals surface area contributed by atoms with E-state index in [9.17, 15) is 9.90 Å². The van der Waals surface area contributed by atoms with Crippen LogP contribution in [0.3, 0.4) is 0 Å². The Morgan fingerprint density at radius 1 is 1.37 bits per heavy atom. The molecule has 0 saturated heterocycles. The summed E-state index contributed by atoms with van der Waals surface area (Å²) in [6, 6.07) is 1.82. The predicted octanol–water partition coefficient (Wildman–Crippen LogP) is 2.63. The number of amides is 1. The molecule has 0 unspecified atom stereocenters. The van der Waals surface area contributed by atoms with E-state index in [0.717, 1.165) is 25.0 Å². The van der Waals surface area contributed by atoms with Gasteiger partial charge in [0.05, 0.1) is 12.0 Å². The molecule has 0 aliphatic heterocycles. The summed E-state index contributed by atoms with van der Waals surface area (Å²) in [5.41, 5.74) is 0.0879. The molecule has 1 aromatic heterocycles. The van der Waals surface area contributed by atoms with Crippen LogP contribution in [0.5, 0.6) is 0 Å². The van der Waals surface area contributed by atoms with E-state index < -0.39 is 5.60 Å². The molecule has 1 amide bonds. The minimum atomic E-state index is -0.891. The van der Waals surface area contributed by atoms with E-state index in [4.69, 9.17) is 0 Å². The zero-order valence-corrected chi connectivity index (χ0v) is 12.1. The minimum absolute atomic E-state index is 0.128. The van der Waals surface area contributed by atoms with Crippen molar-refractivity contribution >= 4 is 11.7 Å². The number of aromatic amines is 1. The van der Waals surface area contributed by atoms with E-state index >= 15 is 0 Å². The normalized spacial score (nSPS) is 11.6. The number of anilines is 1. The molecule has 0 aromatic carbocycles. The molecule has 0 atom stereocenters. The first-order valence-corrected chi connectivity index (χ1v) is 7.09. The Morgan fingerprint density at radius 3 is 2.47 bits per heavy atom. The predicted molar refractivity (Wildman–Crippen MR) is 76.0 cm³/mol. The lowest BCUT2D eigenvalue weighted by molar-refractivity contribution is -0.121. The van der Waals surface area contributed by atoms with Gasteiger partial charge in [-0.2, -0.15) is 5.10 Å². The Bertz CT molecular complexity index is 395. The van der Waals surface area contributed by atoms with Crippen LogP contribution in [0.25, 0.3) is 0 Å². The van der Waals surface area contributed by atoms with E-state index in [1.807, 2.05) is 26.8 Å². The molecule has 0 bridgehead atoms. The lowest BCUT2D eigenvalue weighted by Gasteiger charge is -2.26. The molecule has 0 fully saturated rings. The van der Waals surface area contributed by atoms with Crippen LogP contribution in [0.4, 0.5) is 5.82 Å². The van der Waals surface area contributed by atoms with Gasteiger partial charge in [0, 0.05) is 11.8 Å². The summed E-state index contributed by atoms with van der Waals surface area (Å²) in [6.07, 6.45) is 4.00. The quantitative estimate of drug-likeness (QED) is 0.677. The van der Waals surface area contributed by atoms with Gasteiger partial charge in [-0.3, -0.25) is 9.89 Å². The van der Waals surface area contributed by atoms with E-state index in [0.29, 0.717) is 18.7 Å². The molecule has 108 valence electrons. The molecule has 1 heterocycles. The maximum Gasteiger partial charge on any atom is 0.228 e. The van der Waals surface area contributed by atoms with E-state index in [-0.39, 0.29) is 12.3 Å². The lowest BCUT2D eigenvalue weighted by Crippen LogP contribution is -2.33. The van der Waals surface area contributed by atoms with E-state index in [1.165, 1.54) is 0 Å². The maximum atomic E-state index is 12.0. The summed E-state index contributed by atoms with van der Waals surface area (Å²) in [4.78, 5) is 12.0. The van der Waals surface area contributed by atoms with Gasteiger partial charge in [-0.15, -0.1) is 0 Å². The Labute approximate surface area is 114 Å². The van der Waals surface area contributed by atoms with Crippen LogP contribution < -0.4 is 5.32 Å². The topological polar surface area (TPSA) is 78.0 Å². The van der Waals surface area contributed by atoms with Crippen molar-refractivity contribution in [1.82, 2.24) is 10.2 Å². The molecule has 5 heteroatoms. The van der Waals surface area contributed by atoms with Crippen LogP contribution in [-0.4, -0.2) is 26.8 Å². The third-order valence-electron chi connectivity index (χ3n) is 3.20. The summed E-state index contributed by atoms with van der Waals surface area (Å²) in [5, 5.41) is 20.0. The molecular weight excluding hydrogens is 242 g/mol. The van der Waals surface area contributed by atoms with Crippen LogP contribution in [0, 0.1) is 0 Å². The first-order valence-electron chi connectivity index (χ1n) is 7.09. The monoisotopic (exact) mass is 267 g/mol. The van der Waals surface area contributed by atoms with Gasteiger partial charge in [0.2, 0.25) is 5.91 Å². The van der Waals surface area contributed by atoms with Gasteiger partial charge >= 0.3 is 0 Å². The molecule has 0 spiro atoms. The molecule has 5 nitrogen and oxygen atoms in total. The van der Waals surface area contributed by atoms with Crippen molar-refractivity contribution in [1.29, 1.82) is 0 Å². The molecule has 19 heavy (non-hydrogen) atoms. The number of nitrogens with one attached hydrogen (secondary N) is 2. The van der Waals surface area contributed by atoms with E-state index in [1.54, 1.807) is 0 Å². The number of aromatic nitrogens is 2. The number of nitrogens with zero attached hydrogens (tertiary/aromatic N) is 1. The molecule has 3 N–H and O–H groups in total. The average molecular weight is 267 g/mol. The Morgan fingerprint density at radius 2 is 2.00 bits per heavy atom. The second-order valence-corrected chi connectivity index (χ2v) is 5.08. The highest BCUT2D eigenvalue weighted by atomic mass is 16.3. The molecular formula is C14H25N3O2. The highest BCUT2D eigenvalue weighted by Crippen LogP contribution is 2.24. The smallest absolute Gasteiger partial charge is 0.228 e. The standard InChI is InChI=1S/C14H25N3O2/c1-4-7-14(19,8-5-2)10-13(18)15-12-9-11(6-3)16-17-12/h9,19H,4-8,10H2,1-3H3,(H2,15,16,17,18). The fourth-order valence-corrected chi connectivity index (χ4v) is 2.33. The zero-order chi connectivity index (χ0) is 14.3. The number of rotatable bonds is 8. The fourth-order valence-electron chi connectivity index (χ4n) is 2.33. The molecule has 1 rings (SSSR count). The summed E-state index contributed by atoms with van der Waals surface area (Å²) >= 11 is 0. The first kappa shape index (κ1) is 15.7. The van der Waals surface area contributed by atoms with Gasteiger partial charge in [0.25, 0.3) is 0 Å². The highest BCUT2D eigenvalue weighted by molar-refractivity contribution is 5.90. The van der Waals surface area contributed by atoms with Crippen molar-refractivity contribution in [2.24, 2.45) is 0 Å². The molecule has 0 aliphatic carbocycles. The summed E-state index contributed by atoms with van der Waals surface area (Å²) < 4.78 is 0. The fraction of sp³-hybridized carbons (Fsp3) is 0.714. The SMILES string of the molecule is CCCC(O)(CCC)CC(=O)Nc1cc(CC)[nH]n1. The number of aryl methyl sites for hydroxylation is 1. The number of hydrogen-bond acceptors (Lipinski definition) is 3. The van der Waals surface area contributed by atoms with Crippen molar-refractivity contribution in [3.8, 4) is 0 Å². The van der Waals surface area contributed by atoms with Crippen molar-refractivity contribution in [2.45, 2.75) is 64.9 Å². The largest absolute Gasteiger partial charge is 0.389 e. The van der Waals surface area contributed by atoms with Crippen molar-refractivity contribution in [3.63, 3.8) is 0 Å².